The van der Waals surface area contributed by atoms with Gasteiger partial charge in [0.05, 0.1) is 32.2 Å². The lowest BCUT2D eigenvalue weighted by molar-refractivity contribution is 0.451. The van der Waals surface area contributed by atoms with Crippen LogP contribution in [0.2, 0.25) is 0 Å². The van der Waals surface area contributed by atoms with Crippen molar-refractivity contribution in [2.45, 2.75) is 29.4 Å². The Labute approximate surface area is 389 Å². The van der Waals surface area contributed by atoms with E-state index in [0.717, 1.165) is 30.3 Å². The molecule has 6 aromatic carbocycles. The fourth-order valence-electron chi connectivity index (χ4n) is 5.86. The predicted molar refractivity (Wildman–Crippen MR) is 239 cm³/mol. The Morgan fingerprint density at radius 2 is 1.00 bits per heavy atom. The third-order valence-corrected chi connectivity index (χ3v) is 15.4. The van der Waals surface area contributed by atoms with E-state index in [1.54, 1.807) is 0 Å². The van der Waals surface area contributed by atoms with Gasteiger partial charge < -0.3 is 21.1 Å². The highest BCUT2D eigenvalue weighted by atomic mass is 32.2. The molecule has 362 valence electrons. The van der Waals surface area contributed by atoms with Crippen LogP contribution in [0.3, 0.4) is 0 Å². The minimum Gasteiger partial charge on any atom is -0.508 e. The van der Waals surface area contributed by atoms with Gasteiger partial charge >= 0.3 is 0 Å². The third kappa shape index (κ3) is 11.2. The lowest BCUT2D eigenvalue weighted by Crippen LogP contribution is -2.12. The van der Waals surface area contributed by atoms with Crippen LogP contribution in [0.25, 0.3) is 10.8 Å². The number of rotatable bonds is 15. The van der Waals surface area contributed by atoms with Crippen LogP contribution in [-0.2, 0) is 60.3 Å². The van der Waals surface area contributed by atoms with Crippen molar-refractivity contribution in [1.29, 1.82) is 0 Å². The maximum atomic E-state index is 13.2. The van der Waals surface area contributed by atoms with Crippen LogP contribution in [0.1, 0.15) is 0 Å². The summed E-state index contributed by atoms with van der Waals surface area (Å²) in [6.07, 6.45) is 0. The second-order valence-corrected chi connectivity index (χ2v) is 22.7. The van der Waals surface area contributed by atoms with Crippen molar-refractivity contribution in [3.8, 4) is 17.2 Å². The lowest BCUT2D eigenvalue weighted by atomic mass is 10.1. The molecule has 0 aliphatic rings. The van der Waals surface area contributed by atoms with Gasteiger partial charge in [-0.15, -0.1) is 20.5 Å². The Bertz CT molecular complexity index is 3940. The molecule has 0 atom stereocenters. The van der Waals surface area contributed by atoms with Crippen LogP contribution in [0.5, 0.6) is 17.2 Å². The molecule has 0 heterocycles. The quantitative estimate of drug-likeness (QED) is 0.0301. The molecule has 69 heavy (non-hydrogen) atoms. The van der Waals surface area contributed by atoms with E-state index in [9.17, 15) is 84.0 Å². The van der Waals surface area contributed by atoms with Crippen LogP contribution >= 0.6 is 0 Å². The second kappa shape index (κ2) is 18.3. The normalized spacial score (nSPS) is 13.2. The summed E-state index contributed by atoms with van der Waals surface area (Å²) >= 11 is 0. The lowest BCUT2D eigenvalue weighted by Gasteiger charge is -2.14. The Morgan fingerprint density at radius 3 is 1.52 bits per heavy atom. The van der Waals surface area contributed by atoms with Crippen molar-refractivity contribution >= 4 is 117 Å². The molecule has 0 aliphatic heterocycles. The maximum absolute atomic E-state index is 13.2. The number of sulfone groups is 1. The van der Waals surface area contributed by atoms with Crippen molar-refractivity contribution < 1.29 is 84.0 Å². The molecule has 0 saturated carbocycles. The largest absolute Gasteiger partial charge is 0.508 e. The molecule has 0 bridgehead atoms. The minimum absolute atomic E-state index is 0.0426. The summed E-state index contributed by atoms with van der Waals surface area (Å²) in [7, 11) is -31.4. The monoisotopic (exact) mass is 1070 g/mol. The Hall–Kier alpha value is -7.34. The van der Waals surface area contributed by atoms with Gasteiger partial charge in [0.1, 0.15) is 53.8 Å². The van der Waals surface area contributed by atoms with Gasteiger partial charge in [0.25, 0.3) is 50.5 Å². The van der Waals surface area contributed by atoms with Crippen molar-refractivity contribution in [2.24, 2.45) is 30.7 Å². The molecule has 0 spiro atoms. The molecular weight excluding hydrogens is 1040 g/mol. The number of nitrogens with zero attached hydrogens (tertiary/aromatic N) is 6. The number of benzene rings is 6. The number of nitrogens with two attached hydrogens (primary N) is 1. The summed E-state index contributed by atoms with van der Waals surface area (Å²) in [5, 5.41) is 51.5. The highest BCUT2D eigenvalue weighted by Crippen LogP contribution is 2.49. The number of aromatic hydroxyl groups is 3. The Morgan fingerprint density at radius 1 is 0.507 bits per heavy atom. The van der Waals surface area contributed by atoms with Gasteiger partial charge in [0.2, 0.25) is 9.84 Å². The van der Waals surface area contributed by atoms with Crippen molar-refractivity contribution in [3.63, 3.8) is 0 Å². The van der Waals surface area contributed by atoms with Gasteiger partial charge in [-0.05, 0) is 90.3 Å². The van der Waals surface area contributed by atoms with Gasteiger partial charge in [-0.3, -0.25) is 22.9 Å². The summed E-state index contributed by atoms with van der Waals surface area (Å²) in [4.78, 5) is -7.44. The molecule has 0 saturated heterocycles. The molecule has 0 unspecified atom stereocenters. The summed E-state index contributed by atoms with van der Waals surface area (Å²) in [6.45, 7) is 2.99. The third-order valence-electron chi connectivity index (χ3n) is 9.00. The molecule has 27 nitrogen and oxygen atoms in total. The molecule has 0 aliphatic carbocycles. The van der Waals surface area contributed by atoms with Gasteiger partial charge in [-0.1, -0.05) is 6.58 Å². The number of phenolic OH excluding ortho intramolecular Hbond substituents is 3. The first-order chi connectivity index (χ1) is 31.8. The van der Waals surface area contributed by atoms with E-state index < -0.39 is 124 Å². The van der Waals surface area contributed by atoms with E-state index in [2.05, 4.69) is 42.0 Å². The average Bonchev–Trinajstić information content (AvgIpc) is 3.24. The highest BCUT2D eigenvalue weighted by Gasteiger charge is 2.31. The second-order valence-electron chi connectivity index (χ2n) is 13.6. The number of nitrogen functional groups attached to an aromatic ring is 1. The summed E-state index contributed by atoms with van der Waals surface area (Å²) < 4.78 is 193. The molecule has 33 heteroatoms. The minimum atomic E-state index is -5.61. The average molecular weight is 1070 g/mol. The zero-order valence-electron chi connectivity index (χ0n) is 33.7. The topological polar surface area (TPSA) is 459 Å². The zero-order chi connectivity index (χ0) is 51.2. The first-order valence-corrected chi connectivity index (χ1v) is 26.7. The van der Waals surface area contributed by atoms with Crippen molar-refractivity contribution in [3.05, 3.63) is 103 Å². The summed E-state index contributed by atoms with van der Waals surface area (Å²) in [5.74, 6) is -1.82. The number of phenols is 3. The number of fused-ring (bicyclic) bond motifs is 1. The molecule has 6 rings (SSSR count). The molecule has 0 fully saturated rings. The van der Waals surface area contributed by atoms with Gasteiger partial charge in [0, 0.05) is 17.2 Å². The van der Waals surface area contributed by atoms with Crippen LogP contribution < -0.4 is 10.5 Å². The van der Waals surface area contributed by atoms with Gasteiger partial charge in [-0.2, -0.15) is 43.9 Å². The van der Waals surface area contributed by atoms with Crippen molar-refractivity contribution in [1.82, 2.24) is 0 Å². The van der Waals surface area contributed by atoms with Crippen LogP contribution in [0.4, 0.5) is 45.5 Å². The number of nitrogens with one attached hydrogen (secondary N) is 1. The Balaban J connectivity index is 1.39. The number of sulfonamides is 1. The van der Waals surface area contributed by atoms with Gasteiger partial charge in [0.15, 0.2) is 5.75 Å². The fourth-order valence-corrected chi connectivity index (χ4v) is 11.0. The van der Waals surface area contributed by atoms with Crippen LogP contribution in [-0.4, -0.2) is 84.0 Å². The smallest absolute Gasteiger partial charge is 0.296 e. The first kappa shape index (κ1) is 51.1. The van der Waals surface area contributed by atoms with Crippen LogP contribution in [0, 0.1) is 0 Å². The molecule has 0 aromatic heterocycles. The molecule has 0 radical (unpaired) electrons. The molecular formula is C36H28N8O19S6. The summed E-state index contributed by atoms with van der Waals surface area (Å²) in [6, 6.07) is 14.4. The van der Waals surface area contributed by atoms with E-state index in [-0.39, 0.29) is 56.7 Å². The Kier molecular flexibility index (Phi) is 13.5. The first-order valence-electron chi connectivity index (χ1n) is 17.9. The zero-order valence-corrected chi connectivity index (χ0v) is 38.6. The van der Waals surface area contributed by atoms with E-state index in [0.29, 0.717) is 12.1 Å². The SMILES string of the molecule is C=CS(=O)(=O)c1cc(/N=N/c2c(S(=O)(=O)O)cc3cc(S(=O)(=O)O)c(/N=N/c4ccc(S(=O)(=O)Nc5ccc(/N=N/c6ccc(O)cc6O)cc5)cc4)c(O)c3c2N)c(S(=O)(=O)O)cc1S(=O)(=O)O. The fraction of sp³-hybridized carbons (Fsp3) is 0. The van der Waals surface area contributed by atoms with Gasteiger partial charge in [-0.25, -0.2) is 16.8 Å². The number of hydrogen-bond donors (Lipinski definition) is 9. The van der Waals surface area contributed by atoms with E-state index in [4.69, 9.17) is 5.73 Å². The summed E-state index contributed by atoms with van der Waals surface area (Å²) in [5.41, 5.74) is 1.75. The van der Waals surface area contributed by atoms with Crippen molar-refractivity contribution in [2.75, 3.05) is 10.5 Å². The van der Waals surface area contributed by atoms with E-state index >= 15 is 0 Å². The van der Waals surface area contributed by atoms with E-state index in [1.165, 1.54) is 36.4 Å². The number of azo groups is 3. The van der Waals surface area contributed by atoms with Crippen LogP contribution in [0.15, 0.2) is 163 Å². The number of hydrogen-bond acceptors (Lipinski definition) is 22. The maximum Gasteiger partial charge on any atom is 0.296 e. The molecule has 0 amide bonds. The number of anilines is 2. The molecule has 10 N–H and O–H groups in total. The standard InChI is InChI=1S/C36H28N8O19S6/c1-2-64(48,49)28-16-25(27(66(52,53)54)17-29(28)67(55,56)57)41-42-34-30(68(58,59)60)13-18-14-31(69(61,62)63)35(36(47)32(18)33(34)37)43-39-20-7-10-23(11-8-20)65(50,51)44-21-5-3-19(4-6-21)38-40-24-12-9-22(45)15-26(24)46/h2-17,44-47H,1,37H2,(H,52,53,54)(H,55,56,57)(H,58,59,60)(H,61,62,63)/b40-38+,42-41+,43-39+. The highest BCUT2D eigenvalue weighted by molar-refractivity contribution is 7.95. The molecule has 6 aromatic rings. The van der Waals surface area contributed by atoms with E-state index in [1.807, 2.05) is 0 Å². The predicted octanol–water partition coefficient (Wildman–Crippen LogP) is 6.49.